The normalized spacial score (nSPS) is 16.8. The molecule has 0 spiro atoms. The standard InChI is InChI=1S/C5H11NO2S/c1-3(9-2)4(6)5(7)8/h3-4H,6H2,1-2H3,(H,7,8)/t3-,4+/m1/s1. The van der Waals surface area contributed by atoms with Crippen LogP contribution in [0.5, 0.6) is 0 Å². The van der Waals surface area contributed by atoms with E-state index < -0.39 is 12.0 Å². The van der Waals surface area contributed by atoms with E-state index in [-0.39, 0.29) is 5.25 Å². The molecule has 0 radical (unpaired) electrons. The van der Waals surface area contributed by atoms with E-state index in [1.807, 2.05) is 6.26 Å². The molecule has 4 heteroatoms. The molecule has 54 valence electrons. The minimum atomic E-state index is -0.933. The van der Waals surface area contributed by atoms with E-state index >= 15 is 0 Å². The molecule has 0 aliphatic heterocycles. The number of carbonyl (C=O) groups is 1. The first-order chi connectivity index (χ1) is 4.09. The van der Waals surface area contributed by atoms with Crippen molar-refractivity contribution in [3.05, 3.63) is 0 Å². The highest BCUT2D eigenvalue weighted by Gasteiger charge is 2.17. The van der Waals surface area contributed by atoms with Gasteiger partial charge in [0.15, 0.2) is 0 Å². The van der Waals surface area contributed by atoms with Crippen LogP contribution in [0.1, 0.15) is 6.92 Å². The number of nitrogens with two attached hydrogens (primary N) is 1. The maximum Gasteiger partial charge on any atom is 0.321 e. The molecular formula is C5H11NO2S. The van der Waals surface area contributed by atoms with Gasteiger partial charge >= 0.3 is 5.97 Å². The van der Waals surface area contributed by atoms with E-state index in [1.54, 1.807) is 6.92 Å². The molecule has 0 aromatic heterocycles. The summed E-state index contributed by atoms with van der Waals surface area (Å²) in [4.78, 5) is 10.2. The Morgan fingerprint density at radius 1 is 1.78 bits per heavy atom. The van der Waals surface area contributed by atoms with E-state index in [0.29, 0.717) is 0 Å². The van der Waals surface area contributed by atoms with Gasteiger partial charge in [-0.25, -0.2) is 0 Å². The Hall–Kier alpha value is -0.220. The van der Waals surface area contributed by atoms with Gasteiger partial charge in [-0.15, -0.1) is 0 Å². The van der Waals surface area contributed by atoms with Crippen LogP contribution in [0.3, 0.4) is 0 Å². The van der Waals surface area contributed by atoms with Crippen molar-refractivity contribution in [3.8, 4) is 0 Å². The van der Waals surface area contributed by atoms with Crippen LogP contribution in [0.15, 0.2) is 0 Å². The van der Waals surface area contributed by atoms with Gasteiger partial charge in [0.25, 0.3) is 0 Å². The first kappa shape index (κ1) is 8.78. The van der Waals surface area contributed by atoms with Gasteiger partial charge in [-0.1, -0.05) is 6.92 Å². The fourth-order valence-corrected chi connectivity index (χ4v) is 0.757. The number of rotatable bonds is 3. The van der Waals surface area contributed by atoms with Crippen LogP contribution in [0.25, 0.3) is 0 Å². The Kier molecular flexibility index (Phi) is 3.65. The van der Waals surface area contributed by atoms with Crippen molar-refractivity contribution in [3.63, 3.8) is 0 Å². The molecule has 0 fully saturated rings. The van der Waals surface area contributed by atoms with Gasteiger partial charge < -0.3 is 10.8 Å². The van der Waals surface area contributed by atoms with Gasteiger partial charge in [-0.05, 0) is 6.26 Å². The summed E-state index contributed by atoms with van der Waals surface area (Å²) < 4.78 is 0. The molecule has 0 aliphatic rings. The number of carboxylic acid groups (broad SMARTS) is 1. The monoisotopic (exact) mass is 149 g/mol. The van der Waals surface area contributed by atoms with Crippen molar-refractivity contribution in [2.75, 3.05) is 6.26 Å². The quantitative estimate of drug-likeness (QED) is 0.599. The average molecular weight is 149 g/mol. The Morgan fingerprint density at radius 2 is 2.22 bits per heavy atom. The molecule has 0 saturated carbocycles. The van der Waals surface area contributed by atoms with Crippen LogP contribution in [-0.2, 0) is 4.79 Å². The van der Waals surface area contributed by atoms with Crippen molar-refractivity contribution in [1.82, 2.24) is 0 Å². The Balaban J connectivity index is 3.72. The molecule has 2 atom stereocenters. The van der Waals surface area contributed by atoms with E-state index in [4.69, 9.17) is 10.8 Å². The molecule has 9 heavy (non-hydrogen) atoms. The summed E-state index contributed by atoms with van der Waals surface area (Å²) in [6.07, 6.45) is 1.84. The number of carboxylic acids is 1. The number of hydrogen-bond donors (Lipinski definition) is 2. The summed E-state index contributed by atoms with van der Waals surface area (Å²) in [5.41, 5.74) is 5.25. The van der Waals surface area contributed by atoms with Crippen LogP contribution in [0, 0.1) is 0 Å². The first-order valence-electron chi connectivity index (χ1n) is 2.60. The van der Waals surface area contributed by atoms with Crippen LogP contribution in [-0.4, -0.2) is 28.6 Å². The third kappa shape index (κ3) is 2.72. The minimum Gasteiger partial charge on any atom is -0.480 e. The molecule has 0 aliphatic carbocycles. The van der Waals surface area contributed by atoms with Crippen LogP contribution >= 0.6 is 11.8 Å². The summed E-state index contributed by atoms with van der Waals surface area (Å²) >= 11 is 1.46. The highest BCUT2D eigenvalue weighted by molar-refractivity contribution is 7.99. The minimum absolute atomic E-state index is 0.0116. The molecule has 0 amide bonds. The van der Waals surface area contributed by atoms with Crippen molar-refractivity contribution in [1.29, 1.82) is 0 Å². The molecule has 0 saturated heterocycles. The number of thioether (sulfide) groups is 1. The Morgan fingerprint density at radius 3 is 2.33 bits per heavy atom. The second-order valence-electron chi connectivity index (χ2n) is 1.80. The van der Waals surface area contributed by atoms with Crippen molar-refractivity contribution < 1.29 is 9.90 Å². The highest BCUT2D eigenvalue weighted by atomic mass is 32.2. The lowest BCUT2D eigenvalue weighted by molar-refractivity contribution is -0.138. The van der Waals surface area contributed by atoms with Crippen molar-refractivity contribution >= 4 is 17.7 Å². The van der Waals surface area contributed by atoms with Gasteiger partial charge in [-0.3, -0.25) is 4.79 Å². The molecule has 0 aromatic rings. The summed E-state index contributed by atoms with van der Waals surface area (Å²) in [5, 5.41) is 8.33. The zero-order chi connectivity index (χ0) is 7.44. The fraction of sp³-hybridized carbons (Fsp3) is 0.800. The Bertz CT molecular complexity index is 107. The number of hydrogen-bond acceptors (Lipinski definition) is 3. The van der Waals surface area contributed by atoms with Crippen LogP contribution in [0.4, 0.5) is 0 Å². The molecule has 0 heterocycles. The summed E-state index contributed by atoms with van der Waals surface area (Å²) in [5.74, 6) is -0.933. The average Bonchev–Trinajstić information content (AvgIpc) is 1.84. The topological polar surface area (TPSA) is 63.3 Å². The fourth-order valence-electron chi connectivity index (χ4n) is 0.347. The van der Waals surface area contributed by atoms with Crippen molar-refractivity contribution in [2.45, 2.75) is 18.2 Å². The predicted molar refractivity (Wildman–Crippen MR) is 38.6 cm³/mol. The summed E-state index contributed by atoms with van der Waals surface area (Å²) in [6.45, 7) is 1.80. The largest absolute Gasteiger partial charge is 0.480 e. The SMILES string of the molecule is CS[C@H](C)[C@H](N)C(=O)O. The third-order valence-corrected chi connectivity index (χ3v) is 2.20. The molecular weight excluding hydrogens is 138 g/mol. The van der Waals surface area contributed by atoms with E-state index in [9.17, 15) is 4.79 Å². The lowest BCUT2D eigenvalue weighted by atomic mass is 10.2. The number of aliphatic carboxylic acids is 1. The zero-order valence-electron chi connectivity index (χ0n) is 5.50. The lowest BCUT2D eigenvalue weighted by Gasteiger charge is -2.11. The summed E-state index contributed by atoms with van der Waals surface area (Å²) in [7, 11) is 0. The van der Waals surface area contributed by atoms with Gasteiger partial charge in [0.2, 0.25) is 0 Å². The van der Waals surface area contributed by atoms with Crippen LogP contribution < -0.4 is 5.73 Å². The smallest absolute Gasteiger partial charge is 0.321 e. The molecule has 3 N–H and O–H groups in total. The summed E-state index contributed by atoms with van der Waals surface area (Å²) in [6, 6.07) is -0.736. The van der Waals surface area contributed by atoms with E-state index in [2.05, 4.69) is 0 Å². The van der Waals surface area contributed by atoms with Gasteiger partial charge in [0.1, 0.15) is 6.04 Å². The highest BCUT2D eigenvalue weighted by Crippen LogP contribution is 2.07. The second-order valence-corrected chi connectivity index (χ2v) is 3.02. The molecule has 3 nitrogen and oxygen atoms in total. The predicted octanol–water partition coefficient (Wildman–Crippen LogP) is 0.150. The van der Waals surface area contributed by atoms with Gasteiger partial charge in [0, 0.05) is 5.25 Å². The first-order valence-corrected chi connectivity index (χ1v) is 3.89. The second kappa shape index (κ2) is 3.74. The molecule has 0 unspecified atom stereocenters. The third-order valence-electron chi connectivity index (χ3n) is 1.16. The van der Waals surface area contributed by atoms with E-state index in [1.165, 1.54) is 11.8 Å². The van der Waals surface area contributed by atoms with Crippen LogP contribution in [0.2, 0.25) is 0 Å². The van der Waals surface area contributed by atoms with E-state index in [0.717, 1.165) is 0 Å². The van der Waals surface area contributed by atoms with Gasteiger partial charge in [-0.2, -0.15) is 11.8 Å². The maximum atomic E-state index is 10.2. The lowest BCUT2D eigenvalue weighted by Crippen LogP contribution is -2.38. The Labute approximate surface area is 58.6 Å². The van der Waals surface area contributed by atoms with Gasteiger partial charge in [0.05, 0.1) is 0 Å². The molecule has 0 aromatic carbocycles. The van der Waals surface area contributed by atoms with Crippen molar-refractivity contribution in [2.24, 2.45) is 5.73 Å². The zero-order valence-corrected chi connectivity index (χ0v) is 6.31. The molecule has 0 rings (SSSR count). The molecule has 0 bridgehead atoms. The maximum absolute atomic E-state index is 10.2.